The zero-order valence-electron chi connectivity index (χ0n) is 14.6. The van der Waals surface area contributed by atoms with Crippen LogP contribution in [-0.4, -0.2) is 13.7 Å². The van der Waals surface area contributed by atoms with Crippen LogP contribution in [-0.2, 0) is 6.54 Å². The Hall–Kier alpha value is -1.71. The lowest BCUT2D eigenvalue weighted by Gasteiger charge is -2.21. The Morgan fingerprint density at radius 1 is 1.12 bits per heavy atom. The lowest BCUT2D eigenvalue weighted by Crippen LogP contribution is -2.21. The standard InChI is InChI=1S/C20H26ClNO2/c1-4-9-18(15-10-7-6-8-11-15)22-14-16-12-17(21)13-19(23-3)20(16)24-5-2/h6-8,10-13,18,22H,4-5,9,14H2,1-3H3. The van der Waals surface area contributed by atoms with Crippen LogP contribution < -0.4 is 14.8 Å². The second kappa shape index (κ2) is 9.55. The van der Waals surface area contributed by atoms with Crippen LogP contribution >= 0.6 is 11.6 Å². The quantitative estimate of drug-likeness (QED) is 0.660. The maximum Gasteiger partial charge on any atom is 0.165 e. The van der Waals surface area contributed by atoms with Crippen molar-refractivity contribution in [3.8, 4) is 11.5 Å². The molecule has 0 aromatic heterocycles. The van der Waals surface area contributed by atoms with Crippen LogP contribution in [0.2, 0.25) is 5.02 Å². The van der Waals surface area contributed by atoms with E-state index in [9.17, 15) is 0 Å². The molecule has 0 bridgehead atoms. The van der Waals surface area contributed by atoms with E-state index >= 15 is 0 Å². The molecule has 3 nitrogen and oxygen atoms in total. The first-order valence-electron chi connectivity index (χ1n) is 8.47. The molecule has 0 spiro atoms. The van der Waals surface area contributed by atoms with Gasteiger partial charge in [-0.15, -0.1) is 0 Å². The Morgan fingerprint density at radius 2 is 1.88 bits per heavy atom. The van der Waals surface area contributed by atoms with Gasteiger partial charge in [0.15, 0.2) is 11.5 Å². The van der Waals surface area contributed by atoms with E-state index in [1.54, 1.807) is 13.2 Å². The summed E-state index contributed by atoms with van der Waals surface area (Å²) in [6.07, 6.45) is 2.19. The van der Waals surface area contributed by atoms with E-state index < -0.39 is 0 Å². The maximum absolute atomic E-state index is 6.23. The van der Waals surface area contributed by atoms with Crippen molar-refractivity contribution in [1.82, 2.24) is 5.32 Å². The highest BCUT2D eigenvalue weighted by Crippen LogP contribution is 2.35. The Bertz CT molecular complexity index is 631. The van der Waals surface area contributed by atoms with E-state index in [0.717, 1.165) is 24.2 Å². The second-order valence-electron chi connectivity index (χ2n) is 5.66. The molecule has 24 heavy (non-hydrogen) atoms. The van der Waals surface area contributed by atoms with Gasteiger partial charge in [-0.3, -0.25) is 0 Å². The van der Waals surface area contributed by atoms with E-state index in [4.69, 9.17) is 21.1 Å². The molecule has 0 heterocycles. The fourth-order valence-corrected chi connectivity index (χ4v) is 3.04. The molecule has 2 aromatic carbocycles. The maximum atomic E-state index is 6.23. The number of benzene rings is 2. The first kappa shape index (κ1) is 18.6. The summed E-state index contributed by atoms with van der Waals surface area (Å²) in [4.78, 5) is 0. The molecular formula is C20H26ClNO2. The summed E-state index contributed by atoms with van der Waals surface area (Å²) in [6, 6.07) is 14.6. The van der Waals surface area contributed by atoms with Crippen molar-refractivity contribution in [3.05, 3.63) is 58.6 Å². The number of rotatable bonds is 9. The third-order valence-electron chi connectivity index (χ3n) is 3.92. The van der Waals surface area contributed by atoms with Crippen LogP contribution in [0.15, 0.2) is 42.5 Å². The fraction of sp³-hybridized carbons (Fsp3) is 0.400. The topological polar surface area (TPSA) is 30.5 Å². The van der Waals surface area contributed by atoms with Crippen molar-refractivity contribution < 1.29 is 9.47 Å². The number of nitrogens with one attached hydrogen (secondary N) is 1. The van der Waals surface area contributed by atoms with E-state index in [0.29, 0.717) is 30.0 Å². The van der Waals surface area contributed by atoms with Crippen LogP contribution in [0.3, 0.4) is 0 Å². The van der Waals surface area contributed by atoms with E-state index in [2.05, 4.69) is 36.5 Å². The SMILES string of the molecule is CCCC(NCc1cc(Cl)cc(OC)c1OCC)c1ccccc1. The van der Waals surface area contributed by atoms with Crippen LogP contribution in [0.1, 0.15) is 43.9 Å². The number of ether oxygens (including phenoxy) is 2. The monoisotopic (exact) mass is 347 g/mol. The second-order valence-corrected chi connectivity index (χ2v) is 6.10. The molecule has 0 saturated heterocycles. The predicted molar refractivity (Wildman–Crippen MR) is 100 cm³/mol. The van der Waals surface area contributed by atoms with Gasteiger partial charge in [0, 0.05) is 29.2 Å². The molecule has 0 saturated carbocycles. The van der Waals surface area contributed by atoms with Crippen LogP contribution in [0, 0.1) is 0 Å². The average molecular weight is 348 g/mol. The molecule has 1 unspecified atom stereocenters. The van der Waals surface area contributed by atoms with Crippen molar-refractivity contribution in [1.29, 1.82) is 0 Å². The number of halogens is 1. The van der Waals surface area contributed by atoms with Gasteiger partial charge in [0.2, 0.25) is 0 Å². The molecule has 2 aromatic rings. The third kappa shape index (κ3) is 4.89. The first-order chi connectivity index (χ1) is 11.7. The molecule has 0 fully saturated rings. The third-order valence-corrected chi connectivity index (χ3v) is 4.14. The smallest absolute Gasteiger partial charge is 0.165 e. The molecule has 0 aliphatic heterocycles. The fourth-order valence-electron chi connectivity index (χ4n) is 2.81. The molecule has 0 radical (unpaired) electrons. The largest absolute Gasteiger partial charge is 0.493 e. The summed E-state index contributed by atoms with van der Waals surface area (Å²) in [5, 5.41) is 4.29. The van der Waals surface area contributed by atoms with Gasteiger partial charge >= 0.3 is 0 Å². The van der Waals surface area contributed by atoms with Gasteiger partial charge < -0.3 is 14.8 Å². The number of hydrogen-bond acceptors (Lipinski definition) is 3. The summed E-state index contributed by atoms with van der Waals surface area (Å²) in [5.74, 6) is 1.44. The van der Waals surface area contributed by atoms with Crippen molar-refractivity contribution in [2.45, 2.75) is 39.3 Å². The molecular weight excluding hydrogens is 322 g/mol. The van der Waals surface area contributed by atoms with E-state index in [1.807, 2.05) is 19.1 Å². The minimum Gasteiger partial charge on any atom is -0.493 e. The van der Waals surface area contributed by atoms with Gasteiger partial charge in [0.1, 0.15) is 0 Å². The van der Waals surface area contributed by atoms with Gasteiger partial charge in [0.05, 0.1) is 13.7 Å². The lowest BCUT2D eigenvalue weighted by molar-refractivity contribution is 0.306. The van der Waals surface area contributed by atoms with Crippen molar-refractivity contribution >= 4 is 11.6 Å². The highest BCUT2D eigenvalue weighted by molar-refractivity contribution is 6.30. The summed E-state index contributed by atoms with van der Waals surface area (Å²) in [5.41, 5.74) is 2.31. The van der Waals surface area contributed by atoms with Crippen LogP contribution in [0.5, 0.6) is 11.5 Å². The average Bonchev–Trinajstić information content (AvgIpc) is 2.61. The molecule has 2 rings (SSSR count). The minimum absolute atomic E-state index is 0.302. The zero-order valence-corrected chi connectivity index (χ0v) is 15.4. The molecule has 130 valence electrons. The van der Waals surface area contributed by atoms with Crippen molar-refractivity contribution in [3.63, 3.8) is 0 Å². The Labute approximate surface area is 149 Å². The molecule has 1 atom stereocenters. The molecule has 0 aliphatic rings. The van der Waals surface area contributed by atoms with Crippen LogP contribution in [0.4, 0.5) is 0 Å². The summed E-state index contributed by atoms with van der Waals surface area (Å²) < 4.78 is 11.2. The van der Waals surface area contributed by atoms with E-state index in [-0.39, 0.29) is 0 Å². The molecule has 0 aliphatic carbocycles. The van der Waals surface area contributed by atoms with Gasteiger partial charge in [0.25, 0.3) is 0 Å². The number of methoxy groups -OCH3 is 1. The molecule has 1 N–H and O–H groups in total. The molecule has 0 amide bonds. The Balaban J connectivity index is 2.21. The Kier molecular flexibility index (Phi) is 7.41. The van der Waals surface area contributed by atoms with Gasteiger partial charge in [-0.2, -0.15) is 0 Å². The minimum atomic E-state index is 0.302. The van der Waals surface area contributed by atoms with Gasteiger partial charge in [-0.1, -0.05) is 55.3 Å². The van der Waals surface area contributed by atoms with Crippen LogP contribution in [0.25, 0.3) is 0 Å². The first-order valence-corrected chi connectivity index (χ1v) is 8.84. The van der Waals surface area contributed by atoms with E-state index in [1.165, 1.54) is 5.56 Å². The highest BCUT2D eigenvalue weighted by Gasteiger charge is 2.15. The summed E-state index contributed by atoms with van der Waals surface area (Å²) >= 11 is 6.23. The van der Waals surface area contributed by atoms with Crippen molar-refractivity contribution in [2.75, 3.05) is 13.7 Å². The highest BCUT2D eigenvalue weighted by atomic mass is 35.5. The van der Waals surface area contributed by atoms with Gasteiger partial charge in [-0.05, 0) is 25.0 Å². The number of hydrogen-bond donors (Lipinski definition) is 1. The zero-order chi connectivity index (χ0) is 17.4. The summed E-state index contributed by atoms with van der Waals surface area (Å²) in [7, 11) is 1.63. The molecule has 4 heteroatoms. The lowest BCUT2D eigenvalue weighted by atomic mass is 10.0. The van der Waals surface area contributed by atoms with Gasteiger partial charge in [-0.25, -0.2) is 0 Å². The normalized spacial score (nSPS) is 12.0. The predicted octanol–water partition coefficient (Wildman–Crippen LogP) is 5.38. The Morgan fingerprint density at radius 3 is 2.50 bits per heavy atom. The van der Waals surface area contributed by atoms with Crippen molar-refractivity contribution in [2.24, 2.45) is 0 Å². The summed E-state index contributed by atoms with van der Waals surface area (Å²) in [6.45, 7) is 5.43.